The van der Waals surface area contributed by atoms with E-state index in [1.54, 1.807) is 0 Å². The largest absolute Gasteiger partial charge is 0.481 e. The molecule has 3 N–H and O–H groups in total. The maximum absolute atomic E-state index is 12.2. The number of hydrogen-bond donors (Lipinski definition) is 3. The molecule has 5 nitrogen and oxygen atoms in total. The van der Waals surface area contributed by atoms with Crippen LogP contribution in [0.25, 0.3) is 0 Å². The Labute approximate surface area is 152 Å². The van der Waals surface area contributed by atoms with E-state index in [2.05, 4.69) is 30.6 Å². The van der Waals surface area contributed by atoms with Crippen LogP contribution in [0.4, 0.5) is 0 Å². The maximum Gasteiger partial charge on any atom is 0.303 e. The fourth-order valence-corrected chi connectivity index (χ4v) is 4.33. The summed E-state index contributed by atoms with van der Waals surface area (Å²) >= 11 is 0. The number of carboxylic acids is 1. The van der Waals surface area contributed by atoms with Crippen molar-refractivity contribution in [3.8, 4) is 0 Å². The zero-order valence-corrected chi connectivity index (χ0v) is 15.8. The number of allylic oxidation sites excluding steroid dienone is 2. The molecule has 2 aliphatic heterocycles. The second-order valence-electron chi connectivity index (χ2n) is 7.65. The Kier molecular flexibility index (Phi) is 7.54. The van der Waals surface area contributed by atoms with Gasteiger partial charge in [0.15, 0.2) is 0 Å². The molecule has 0 aliphatic carbocycles. The average Bonchev–Trinajstić information content (AvgIpc) is 3.17. The van der Waals surface area contributed by atoms with Gasteiger partial charge in [-0.25, -0.2) is 0 Å². The quantitative estimate of drug-likeness (QED) is 0.442. The van der Waals surface area contributed by atoms with Gasteiger partial charge in [-0.2, -0.15) is 0 Å². The highest BCUT2D eigenvalue weighted by Crippen LogP contribution is 2.44. The molecule has 25 heavy (non-hydrogen) atoms. The zero-order chi connectivity index (χ0) is 18.3. The predicted octanol–water partition coefficient (Wildman–Crippen LogP) is 2.89. The van der Waals surface area contributed by atoms with E-state index in [0.717, 1.165) is 51.5 Å². The Bertz CT molecular complexity index is 509. The minimum Gasteiger partial charge on any atom is -0.481 e. The molecule has 0 aromatic heterocycles. The molecule has 0 radical (unpaired) electrons. The number of nitrogens with one attached hydrogen (secondary N) is 2. The van der Waals surface area contributed by atoms with Crippen LogP contribution in [0, 0.1) is 0 Å². The van der Waals surface area contributed by atoms with Gasteiger partial charge < -0.3 is 15.7 Å². The van der Waals surface area contributed by atoms with Crippen LogP contribution in [0.5, 0.6) is 0 Å². The van der Waals surface area contributed by atoms with Gasteiger partial charge in [-0.15, -0.1) is 5.47 Å². The number of aliphatic carboxylic acids is 1. The molecule has 0 bridgehead atoms. The Balaban J connectivity index is 1.82. The standard InChI is InChI=1S/C19H33BN2O3/c1-3-15(2)20-18(21-14-10-5-4-8-12-17(24)25)19(20)13-9-6-7-11-16(23)22-19/h3,18,21H,4-14H2,1-2H3,(H,22,23)(H,24,25). The normalized spacial score (nSPS) is 27.0. The van der Waals surface area contributed by atoms with Crippen molar-refractivity contribution in [3.63, 3.8) is 0 Å². The summed E-state index contributed by atoms with van der Waals surface area (Å²) in [6.45, 7) is 5.59. The molecule has 2 unspecified atom stereocenters. The SMILES string of the molecule is CC=C(C)B1C(NCCCCCCC(=O)O)C12CCCCCC(=O)N2. The molecule has 0 aromatic carbocycles. The molecule has 2 fully saturated rings. The van der Waals surface area contributed by atoms with Gasteiger partial charge in [-0.3, -0.25) is 9.59 Å². The molecule has 0 aromatic rings. The Morgan fingerprint density at radius 2 is 2.08 bits per heavy atom. The third kappa shape index (κ3) is 5.34. The van der Waals surface area contributed by atoms with Crippen molar-refractivity contribution in [2.24, 2.45) is 0 Å². The lowest BCUT2D eigenvalue weighted by molar-refractivity contribution is -0.137. The highest BCUT2D eigenvalue weighted by atomic mass is 16.4. The van der Waals surface area contributed by atoms with Crippen molar-refractivity contribution in [1.29, 1.82) is 0 Å². The van der Waals surface area contributed by atoms with Crippen LogP contribution in [-0.4, -0.2) is 41.6 Å². The zero-order valence-electron chi connectivity index (χ0n) is 15.8. The first-order chi connectivity index (χ1) is 12.0. The Hall–Kier alpha value is -1.30. The number of hydrogen-bond acceptors (Lipinski definition) is 3. The summed E-state index contributed by atoms with van der Waals surface area (Å²) in [6, 6.07) is 0. The van der Waals surface area contributed by atoms with Crippen LogP contribution in [0.3, 0.4) is 0 Å². The molecule has 2 aliphatic rings. The fourth-order valence-electron chi connectivity index (χ4n) is 4.33. The summed E-state index contributed by atoms with van der Waals surface area (Å²) in [5.41, 5.74) is 1.28. The summed E-state index contributed by atoms with van der Waals surface area (Å²) in [7, 11) is 0. The highest BCUT2D eigenvalue weighted by Gasteiger charge is 2.67. The van der Waals surface area contributed by atoms with E-state index >= 15 is 0 Å². The van der Waals surface area contributed by atoms with Crippen molar-refractivity contribution in [2.75, 3.05) is 6.54 Å². The number of unbranched alkanes of at least 4 members (excludes halogenated alkanes) is 3. The topological polar surface area (TPSA) is 78.4 Å². The monoisotopic (exact) mass is 348 g/mol. The van der Waals surface area contributed by atoms with Crippen LogP contribution in [-0.2, 0) is 9.59 Å². The van der Waals surface area contributed by atoms with E-state index in [1.807, 2.05) is 0 Å². The smallest absolute Gasteiger partial charge is 0.303 e. The van der Waals surface area contributed by atoms with Gasteiger partial charge in [0.25, 0.3) is 0 Å². The van der Waals surface area contributed by atoms with Crippen molar-refractivity contribution in [2.45, 2.75) is 89.4 Å². The number of carbonyl (C=O) groups excluding carboxylic acids is 1. The molecular weight excluding hydrogens is 315 g/mol. The number of rotatable bonds is 9. The van der Waals surface area contributed by atoms with Crippen LogP contribution in [0.15, 0.2) is 11.5 Å². The summed E-state index contributed by atoms with van der Waals surface area (Å²) in [5.74, 6) is -0.168. The van der Waals surface area contributed by atoms with Gasteiger partial charge in [0.05, 0.1) is 0 Å². The molecule has 2 rings (SSSR count). The number of carbonyl (C=O) groups is 2. The lowest BCUT2D eigenvalue weighted by atomic mass is 9.56. The second kappa shape index (κ2) is 9.42. The second-order valence-corrected chi connectivity index (χ2v) is 7.65. The summed E-state index contributed by atoms with van der Waals surface area (Å²) in [6.07, 6.45) is 11.3. The minimum absolute atomic E-state index is 0.0859. The number of amides is 1. The van der Waals surface area contributed by atoms with E-state index in [1.165, 1.54) is 11.9 Å². The first-order valence-electron chi connectivity index (χ1n) is 9.90. The van der Waals surface area contributed by atoms with Crippen LogP contribution >= 0.6 is 0 Å². The van der Waals surface area contributed by atoms with Gasteiger partial charge in [0.1, 0.15) is 0 Å². The first-order valence-corrected chi connectivity index (χ1v) is 9.90. The van der Waals surface area contributed by atoms with Crippen LogP contribution in [0.1, 0.15) is 78.1 Å². The lowest BCUT2D eigenvalue weighted by Gasteiger charge is -2.24. The van der Waals surface area contributed by atoms with Crippen molar-refractivity contribution < 1.29 is 14.7 Å². The summed E-state index contributed by atoms with van der Waals surface area (Å²) in [4.78, 5) is 22.7. The molecule has 0 saturated carbocycles. The van der Waals surface area contributed by atoms with E-state index in [4.69, 9.17) is 5.11 Å². The minimum atomic E-state index is -0.706. The van der Waals surface area contributed by atoms with Crippen molar-refractivity contribution in [3.05, 3.63) is 11.5 Å². The van der Waals surface area contributed by atoms with E-state index in [0.29, 0.717) is 19.1 Å². The van der Waals surface area contributed by atoms with Gasteiger partial charge in [-0.05, 0) is 39.2 Å². The van der Waals surface area contributed by atoms with Gasteiger partial charge in [0.2, 0.25) is 12.6 Å². The van der Waals surface area contributed by atoms with E-state index < -0.39 is 5.97 Å². The van der Waals surface area contributed by atoms with Crippen molar-refractivity contribution >= 4 is 18.6 Å². The molecule has 2 heterocycles. The third-order valence-electron chi connectivity index (χ3n) is 5.83. The fraction of sp³-hybridized carbons (Fsp3) is 0.789. The maximum atomic E-state index is 12.2. The molecule has 2 saturated heterocycles. The van der Waals surface area contributed by atoms with E-state index in [9.17, 15) is 9.59 Å². The molecular formula is C19H33BN2O3. The van der Waals surface area contributed by atoms with E-state index in [-0.39, 0.29) is 17.8 Å². The molecule has 1 amide bonds. The summed E-state index contributed by atoms with van der Waals surface area (Å²) < 4.78 is 0. The third-order valence-corrected chi connectivity index (χ3v) is 5.83. The lowest BCUT2D eigenvalue weighted by Crippen LogP contribution is -2.45. The van der Waals surface area contributed by atoms with Crippen LogP contribution < -0.4 is 10.6 Å². The van der Waals surface area contributed by atoms with Crippen LogP contribution in [0.2, 0.25) is 0 Å². The molecule has 140 valence electrons. The predicted molar refractivity (Wildman–Crippen MR) is 102 cm³/mol. The first kappa shape index (κ1) is 20.0. The Morgan fingerprint density at radius 1 is 1.32 bits per heavy atom. The summed E-state index contributed by atoms with van der Waals surface area (Å²) in [5, 5.41) is 15.7. The van der Waals surface area contributed by atoms with Gasteiger partial charge in [-0.1, -0.05) is 38.7 Å². The van der Waals surface area contributed by atoms with Gasteiger partial charge in [0, 0.05) is 24.2 Å². The molecule has 2 atom stereocenters. The van der Waals surface area contributed by atoms with Crippen molar-refractivity contribution in [1.82, 2.24) is 10.6 Å². The molecule has 6 heteroatoms. The Morgan fingerprint density at radius 3 is 2.80 bits per heavy atom. The molecule has 1 spiro atoms. The average molecular weight is 348 g/mol. The van der Waals surface area contributed by atoms with Gasteiger partial charge >= 0.3 is 5.97 Å². The highest BCUT2D eigenvalue weighted by molar-refractivity contribution is 6.83. The number of carboxylic acid groups (broad SMARTS) is 1.